The first kappa shape index (κ1) is 56.7. The van der Waals surface area contributed by atoms with Gasteiger partial charge in [0.1, 0.15) is 0 Å². The normalized spacial score (nSPS) is 12.0. The number of hydrogen-bond donors (Lipinski definition) is 3. The maximum atomic E-state index is 13.0. The second-order valence-corrected chi connectivity index (χ2v) is 16.8. The van der Waals surface area contributed by atoms with Crippen molar-refractivity contribution in [3.05, 3.63) is 0 Å². The molecule has 3 N–H and O–H groups in total. The van der Waals surface area contributed by atoms with Crippen LogP contribution in [0.25, 0.3) is 0 Å². The molecule has 0 bridgehead atoms. The summed E-state index contributed by atoms with van der Waals surface area (Å²) in [7, 11) is 0. The van der Waals surface area contributed by atoms with Crippen molar-refractivity contribution in [2.45, 2.75) is 274 Å². The van der Waals surface area contributed by atoms with Gasteiger partial charge in [0.15, 0.2) is 0 Å². The quantitative estimate of drug-likeness (QED) is 0.0543. The summed E-state index contributed by atoms with van der Waals surface area (Å²) in [6.07, 6.45) is 43.6. The maximum absolute atomic E-state index is 13.0. The van der Waals surface area contributed by atoms with E-state index >= 15 is 0 Å². The summed E-state index contributed by atoms with van der Waals surface area (Å²) >= 11 is 0. The van der Waals surface area contributed by atoms with Gasteiger partial charge in [0.05, 0.1) is 5.41 Å². The summed E-state index contributed by atoms with van der Waals surface area (Å²) in [6, 6.07) is 0. The zero-order chi connectivity index (χ0) is 41.4. The van der Waals surface area contributed by atoms with E-state index in [-0.39, 0.29) is 0 Å². The third-order valence-corrected chi connectivity index (χ3v) is 11.8. The van der Waals surface area contributed by atoms with Crippen LogP contribution in [0, 0.1) is 16.7 Å². The molecule has 0 aliphatic heterocycles. The van der Waals surface area contributed by atoms with Crippen molar-refractivity contribution < 1.29 is 29.7 Å². The van der Waals surface area contributed by atoms with Gasteiger partial charge in [0.25, 0.3) is 11.9 Å². The topological polar surface area (TPSA) is 112 Å². The van der Waals surface area contributed by atoms with E-state index in [1.807, 2.05) is 0 Å². The number of carbonyl (C=O) groups is 3. The molecule has 1 atom stereocenters. The van der Waals surface area contributed by atoms with Crippen molar-refractivity contribution >= 4 is 17.9 Å². The molecule has 6 heteroatoms. The van der Waals surface area contributed by atoms with E-state index < -0.39 is 23.3 Å². The summed E-state index contributed by atoms with van der Waals surface area (Å²) in [5, 5.41) is 25.5. The molecule has 0 aliphatic carbocycles. The first-order valence-electron chi connectivity index (χ1n) is 23.5. The molecule has 54 heavy (non-hydrogen) atoms. The fraction of sp³-hybridized carbons (Fsp3) is 0.938. The molecule has 324 valence electrons. The summed E-state index contributed by atoms with van der Waals surface area (Å²) in [6.45, 7) is 16.1. The second kappa shape index (κ2) is 41.1. The Balaban J connectivity index is -0.00000293. The molecular formula is C48H96O6. The van der Waals surface area contributed by atoms with Gasteiger partial charge in [0, 0.05) is 13.8 Å². The van der Waals surface area contributed by atoms with Crippen LogP contribution in [-0.4, -0.2) is 33.2 Å². The lowest BCUT2D eigenvalue weighted by Crippen LogP contribution is -2.33. The van der Waals surface area contributed by atoms with E-state index in [2.05, 4.69) is 41.5 Å². The predicted octanol–water partition coefficient (Wildman–Crippen LogP) is 16.2. The van der Waals surface area contributed by atoms with Crippen LogP contribution in [0.4, 0.5) is 0 Å². The highest BCUT2D eigenvalue weighted by Gasteiger charge is 2.39. The molecule has 0 fully saturated rings. The number of hydrogen-bond acceptors (Lipinski definition) is 3. The lowest BCUT2D eigenvalue weighted by Gasteiger charge is -2.43. The van der Waals surface area contributed by atoms with Crippen molar-refractivity contribution in [3.8, 4) is 0 Å². The summed E-state index contributed by atoms with van der Waals surface area (Å²) < 4.78 is 0. The average molecular weight is 769 g/mol. The van der Waals surface area contributed by atoms with Crippen LogP contribution >= 0.6 is 0 Å². The molecule has 0 saturated carbocycles. The number of rotatable bonds is 37. The third kappa shape index (κ3) is 34.9. The maximum Gasteiger partial charge on any atom is 0.309 e. The first-order chi connectivity index (χ1) is 25.9. The third-order valence-electron chi connectivity index (χ3n) is 11.8. The molecule has 0 rings (SSSR count). The highest BCUT2D eigenvalue weighted by atomic mass is 16.4. The van der Waals surface area contributed by atoms with Crippen LogP contribution < -0.4 is 0 Å². The molecule has 0 radical (unpaired) electrons. The molecule has 0 amide bonds. The Kier molecular flexibility index (Phi) is 43.1. The van der Waals surface area contributed by atoms with Crippen molar-refractivity contribution in [2.75, 3.05) is 0 Å². The van der Waals surface area contributed by atoms with Gasteiger partial charge in [-0.1, -0.05) is 208 Å². The molecule has 0 aromatic rings. The van der Waals surface area contributed by atoms with E-state index in [4.69, 9.17) is 19.8 Å². The van der Waals surface area contributed by atoms with Crippen molar-refractivity contribution in [1.82, 2.24) is 0 Å². The number of carboxylic acids is 3. The molecule has 1 unspecified atom stereocenters. The lowest BCUT2D eigenvalue weighted by atomic mass is 9.62. The minimum atomic E-state index is -0.833. The number of aliphatic carboxylic acids is 3. The van der Waals surface area contributed by atoms with Crippen LogP contribution in [0.1, 0.15) is 274 Å². The van der Waals surface area contributed by atoms with Crippen LogP contribution in [0.3, 0.4) is 0 Å². The number of unbranched alkanes of at least 4 members (excludes halogenated alkanes) is 19. The summed E-state index contributed by atoms with van der Waals surface area (Å²) in [5.74, 6) is -1.34. The van der Waals surface area contributed by atoms with Gasteiger partial charge < -0.3 is 15.3 Å². The summed E-state index contributed by atoms with van der Waals surface area (Å²) in [5.41, 5.74) is 0.0152. The fourth-order valence-corrected chi connectivity index (χ4v) is 8.60. The van der Waals surface area contributed by atoms with Gasteiger partial charge in [-0.05, 0) is 62.7 Å². The molecule has 0 aromatic carbocycles. The SMILES string of the molecule is CC(=O)O.CC(=O)O.CCCCCCC(CCCCC(CCCCCC)(CCCCCC)C(=O)O)C(CCCCCC)(CCCCCC)CCCCCC. The second-order valence-electron chi connectivity index (χ2n) is 16.8. The average Bonchev–Trinajstić information content (AvgIpc) is 3.12. The van der Waals surface area contributed by atoms with Crippen molar-refractivity contribution in [3.63, 3.8) is 0 Å². The van der Waals surface area contributed by atoms with Gasteiger partial charge in [-0.2, -0.15) is 0 Å². The Morgan fingerprint density at radius 3 is 0.852 bits per heavy atom. The van der Waals surface area contributed by atoms with E-state index in [9.17, 15) is 9.90 Å². The van der Waals surface area contributed by atoms with Crippen LogP contribution in [0.15, 0.2) is 0 Å². The molecule has 6 nitrogen and oxygen atoms in total. The molecule has 0 spiro atoms. The standard InChI is InChI=1S/C44H88O2.2C2H4O2/c1-7-13-19-25-33-41(43(35-27-20-14-8-2,36-28-21-15-9-3)37-29-22-16-10-4)34-26-32-40-44(42(45)46,38-30-23-17-11-5)39-31-24-18-12-6;2*1-2(3)4/h41H,7-40H2,1-6H3,(H,45,46);2*1H3,(H,3,4). The minimum absolute atomic E-state index is 0.490. The lowest BCUT2D eigenvalue weighted by molar-refractivity contribution is -0.151. The Morgan fingerprint density at radius 2 is 0.593 bits per heavy atom. The highest BCUT2D eigenvalue weighted by Crippen LogP contribution is 2.49. The molecular weight excluding hydrogens is 673 g/mol. The smallest absolute Gasteiger partial charge is 0.309 e. The van der Waals surface area contributed by atoms with E-state index in [1.54, 1.807) is 0 Å². The molecule has 0 heterocycles. The van der Waals surface area contributed by atoms with E-state index in [1.165, 1.54) is 180 Å². The van der Waals surface area contributed by atoms with Gasteiger partial charge in [-0.15, -0.1) is 0 Å². The zero-order valence-electron chi connectivity index (χ0n) is 37.7. The Morgan fingerprint density at radius 1 is 0.370 bits per heavy atom. The van der Waals surface area contributed by atoms with Crippen LogP contribution in [-0.2, 0) is 14.4 Å². The molecule has 0 aromatic heterocycles. The largest absolute Gasteiger partial charge is 0.481 e. The fourth-order valence-electron chi connectivity index (χ4n) is 8.60. The summed E-state index contributed by atoms with van der Waals surface area (Å²) in [4.78, 5) is 31.0. The monoisotopic (exact) mass is 769 g/mol. The Hall–Kier alpha value is -1.59. The van der Waals surface area contributed by atoms with E-state index in [0.717, 1.165) is 58.3 Å². The van der Waals surface area contributed by atoms with E-state index in [0.29, 0.717) is 5.41 Å². The predicted molar refractivity (Wildman–Crippen MR) is 234 cm³/mol. The molecule has 0 saturated heterocycles. The Labute approximate surface area is 337 Å². The zero-order valence-corrected chi connectivity index (χ0v) is 37.7. The van der Waals surface area contributed by atoms with Gasteiger partial charge in [0.2, 0.25) is 0 Å². The Bertz CT molecular complexity index is 761. The van der Waals surface area contributed by atoms with Crippen molar-refractivity contribution in [2.24, 2.45) is 16.7 Å². The van der Waals surface area contributed by atoms with Crippen molar-refractivity contribution in [1.29, 1.82) is 0 Å². The van der Waals surface area contributed by atoms with Gasteiger partial charge >= 0.3 is 5.97 Å². The first-order valence-corrected chi connectivity index (χ1v) is 23.5. The van der Waals surface area contributed by atoms with Gasteiger partial charge in [-0.25, -0.2) is 0 Å². The number of carboxylic acid groups (broad SMARTS) is 3. The van der Waals surface area contributed by atoms with Crippen LogP contribution in [0.5, 0.6) is 0 Å². The molecule has 0 aliphatic rings. The van der Waals surface area contributed by atoms with Crippen LogP contribution in [0.2, 0.25) is 0 Å². The minimum Gasteiger partial charge on any atom is -0.481 e. The highest BCUT2D eigenvalue weighted by molar-refractivity contribution is 5.74. The van der Waals surface area contributed by atoms with Gasteiger partial charge in [-0.3, -0.25) is 14.4 Å².